The lowest BCUT2D eigenvalue weighted by Gasteiger charge is -2.29. The van der Waals surface area contributed by atoms with Gasteiger partial charge in [0.25, 0.3) is 0 Å². The lowest BCUT2D eigenvalue weighted by molar-refractivity contribution is -0.139. The topological polar surface area (TPSA) is 76.9 Å². The normalized spacial score (nSPS) is 19.1. The van der Waals surface area contributed by atoms with Crippen LogP contribution in [0.1, 0.15) is 48.9 Å². The van der Waals surface area contributed by atoms with Crippen LogP contribution in [0.3, 0.4) is 0 Å². The van der Waals surface area contributed by atoms with Crippen molar-refractivity contribution in [3.05, 3.63) is 52.5 Å². The number of aliphatic hydroxyl groups excluding tert-OH is 1. The minimum atomic E-state index is -4.53. The van der Waals surface area contributed by atoms with E-state index in [9.17, 15) is 27.5 Å². The first-order chi connectivity index (χ1) is 22.6. The van der Waals surface area contributed by atoms with Gasteiger partial charge in [-0.3, -0.25) is 10.00 Å². The molecule has 6 rings (SSSR count). The number of urea groups is 1. The lowest BCUT2D eigenvalue weighted by Crippen LogP contribution is -2.40. The second-order valence-electron chi connectivity index (χ2n) is 12.6. The number of thioether (sulfide) groups is 1. The Hall–Kier alpha value is -2.65. The lowest BCUT2D eigenvalue weighted by atomic mass is 10.00. The van der Waals surface area contributed by atoms with Gasteiger partial charge in [0.2, 0.25) is 0 Å². The van der Waals surface area contributed by atoms with Crippen molar-refractivity contribution in [3.63, 3.8) is 0 Å². The van der Waals surface area contributed by atoms with E-state index in [1.165, 1.54) is 23.8 Å². The SMILES string of the molecule is O=C(Nc1cccs1)N1CCc2c(c(-c3ccc(C(F)(F)F)c(SCCN4CCC(F)CC4)c3)nn2C[C@H](O)CN2CCCCC2)C1. The van der Waals surface area contributed by atoms with Gasteiger partial charge in [-0.05, 0) is 68.4 Å². The highest BCUT2D eigenvalue weighted by Crippen LogP contribution is 2.40. The van der Waals surface area contributed by atoms with E-state index < -0.39 is 24.0 Å². The number of nitrogens with one attached hydrogen (secondary N) is 1. The molecule has 0 radical (unpaired) electrons. The summed E-state index contributed by atoms with van der Waals surface area (Å²) in [7, 11) is 0. The van der Waals surface area contributed by atoms with Gasteiger partial charge < -0.3 is 19.8 Å². The van der Waals surface area contributed by atoms with Crippen molar-refractivity contribution in [3.8, 4) is 11.3 Å². The van der Waals surface area contributed by atoms with Crippen molar-refractivity contribution in [1.29, 1.82) is 0 Å². The van der Waals surface area contributed by atoms with E-state index in [0.29, 0.717) is 69.0 Å². The molecular formula is C33H42F4N6O2S2. The number of halogens is 4. The fourth-order valence-corrected chi connectivity index (χ4v) is 8.44. The number of thiophene rings is 1. The molecule has 8 nitrogen and oxygen atoms in total. The molecule has 2 saturated heterocycles. The number of hydrogen-bond donors (Lipinski definition) is 2. The van der Waals surface area contributed by atoms with Crippen LogP contribution in [0.4, 0.5) is 27.4 Å². The van der Waals surface area contributed by atoms with Gasteiger partial charge in [0.05, 0.1) is 35.5 Å². The molecule has 5 heterocycles. The zero-order chi connectivity index (χ0) is 33.0. The number of piperidine rings is 2. The Balaban J connectivity index is 1.27. The maximum Gasteiger partial charge on any atom is 0.417 e. The molecule has 256 valence electrons. The Morgan fingerprint density at radius 3 is 2.57 bits per heavy atom. The summed E-state index contributed by atoms with van der Waals surface area (Å²) in [6.07, 6.45) is -1.15. The number of likely N-dealkylation sites (tertiary alicyclic amines) is 2. The number of aromatic nitrogens is 2. The van der Waals surface area contributed by atoms with Crippen molar-refractivity contribution >= 4 is 34.1 Å². The number of hydrogen-bond acceptors (Lipinski definition) is 7. The van der Waals surface area contributed by atoms with Crippen LogP contribution in [-0.2, 0) is 25.7 Å². The molecule has 1 atom stereocenters. The minimum Gasteiger partial charge on any atom is -0.390 e. The second-order valence-corrected chi connectivity index (χ2v) is 14.7. The Bertz CT molecular complexity index is 1490. The largest absolute Gasteiger partial charge is 0.417 e. The maximum atomic E-state index is 14.1. The summed E-state index contributed by atoms with van der Waals surface area (Å²) in [5.41, 5.74) is 2.05. The molecule has 2 aromatic heterocycles. The van der Waals surface area contributed by atoms with Gasteiger partial charge in [0.1, 0.15) is 6.17 Å². The number of amides is 2. The van der Waals surface area contributed by atoms with E-state index in [2.05, 4.69) is 15.1 Å². The quantitative estimate of drug-likeness (QED) is 0.184. The van der Waals surface area contributed by atoms with Gasteiger partial charge in [0.15, 0.2) is 0 Å². The first kappa shape index (κ1) is 34.2. The minimum absolute atomic E-state index is 0.118. The number of aliphatic hydroxyl groups is 1. The Morgan fingerprint density at radius 2 is 1.85 bits per heavy atom. The first-order valence-electron chi connectivity index (χ1n) is 16.4. The third-order valence-corrected chi connectivity index (χ3v) is 11.0. The standard InChI is InChI=1S/C33H42F4N6O2S2/c34-24-8-13-40(14-9-24)16-18-46-29-19-23(6-7-27(29)33(35,36)37)31-26-22-42(32(45)38-30-5-4-17-47-30)15-10-28(26)43(39-31)21-25(44)20-41-11-2-1-3-12-41/h4-7,17,19,24-25,44H,1-3,8-16,18,20-22H2,(H,38,45)/t25-/m1/s1. The summed E-state index contributed by atoms with van der Waals surface area (Å²) in [4.78, 5) is 19.4. The number of β-amino-alcohol motifs (C(OH)–C–C–N with tert-alkyl or cyclic N) is 1. The monoisotopic (exact) mass is 694 g/mol. The molecule has 0 saturated carbocycles. The van der Waals surface area contributed by atoms with Crippen LogP contribution in [0, 0.1) is 0 Å². The molecule has 14 heteroatoms. The molecule has 2 amide bonds. The zero-order valence-corrected chi connectivity index (χ0v) is 28.0. The first-order valence-corrected chi connectivity index (χ1v) is 18.3. The van der Waals surface area contributed by atoms with Crippen molar-refractivity contribution < 1.29 is 27.5 Å². The molecule has 47 heavy (non-hydrogen) atoms. The van der Waals surface area contributed by atoms with E-state index in [1.807, 2.05) is 17.5 Å². The van der Waals surface area contributed by atoms with E-state index >= 15 is 0 Å². The van der Waals surface area contributed by atoms with E-state index in [1.54, 1.807) is 15.6 Å². The van der Waals surface area contributed by atoms with Gasteiger partial charge in [0, 0.05) is 66.6 Å². The molecule has 0 spiro atoms. The van der Waals surface area contributed by atoms with E-state index in [4.69, 9.17) is 5.10 Å². The number of alkyl halides is 4. The smallest absolute Gasteiger partial charge is 0.390 e. The molecule has 0 aliphatic carbocycles. The number of carbonyl (C=O) groups excluding carboxylic acids is 1. The summed E-state index contributed by atoms with van der Waals surface area (Å²) in [6, 6.07) is 7.58. The highest BCUT2D eigenvalue weighted by Gasteiger charge is 2.35. The zero-order valence-electron chi connectivity index (χ0n) is 26.4. The number of rotatable bonds is 10. The summed E-state index contributed by atoms with van der Waals surface area (Å²) in [5, 5.41) is 21.5. The van der Waals surface area contributed by atoms with E-state index in [-0.39, 0.29) is 24.0 Å². The van der Waals surface area contributed by atoms with E-state index in [0.717, 1.165) is 60.0 Å². The fraction of sp³-hybridized carbons (Fsp3) is 0.576. The summed E-state index contributed by atoms with van der Waals surface area (Å²) in [5.74, 6) is 0.440. The third kappa shape index (κ3) is 8.69. The van der Waals surface area contributed by atoms with Crippen LogP contribution in [0.15, 0.2) is 40.6 Å². The van der Waals surface area contributed by atoms with Gasteiger partial charge in [-0.25, -0.2) is 9.18 Å². The molecule has 0 bridgehead atoms. The molecule has 3 aliphatic rings. The average Bonchev–Trinajstić information content (AvgIpc) is 3.69. The van der Waals surface area contributed by atoms with Crippen LogP contribution < -0.4 is 5.32 Å². The number of anilines is 1. The molecular weight excluding hydrogens is 653 g/mol. The Kier molecular flexibility index (Phi) is 11.1. The predicted molar refractivity (Wildman–Crippen MR) is 178 cm³/mol. The van der Waals surface area contributed by atoms with Crippen molar-refractivity contribution in [2.24, 2.45) is 0 Å². The number of carbonyl (C=O) groups is 1. The molecule has 2 fully saturated rings. The van der Waals surface area contributed by atoms with Gasteiger partial charge >= 0.3 is 12.2 Å². The van der Waals surface area contributed by atoms with Crippen LogP contribution in [0.5, 0.6) is 0 Å². The van der Waals surface area contributed by atoms with Gasteiger partial charge in [-0.15, -0.1) is 23.1 Å². The van der Waals surface area contributed by atoms with Crippen molar-refractivity contribution in [2.45, 2.75) is 75.0 Å². The van der Waals surface area contributed by atoms with Crippen LogP contribution in [-0.4, -0.2) is 99.5 Å². The second kappa shape index (κ2) is 15.3. The number of fused-ring (bicyclic) bond motifs is 1. The van der Waals surface area contributed by atoms with Crippen molar-refractivity contribution in [2.75, 3.05) is 56.9 Å². The highest BCUT2D eigenvalue weighted by atomic mass is 32.2. The molecule has 2 N–H and O–H groups in total. The van der Waals surface area contributed by atoms with Gasteiger partial charge in [-0.2, -0.15) is 18.3 Å². The molecule has 3 aliphatic heterocycles. The van der Waals surface area contributed by atoms with Gasteiger partial charge in [-0.1, -0.05) is 12.5 Å². The Labute approximate surface area is 281 Å². The van der Waals surface area contributed by atoms with Crippen LogP contribution >= 0.6 is 23.1 Å². The maximum absolute atomic E-state index is 14.1. The average molecular weight is 695 g/mol. The summed E-state index contributed by atoms with van der Waals surface area (Å²) < 4.78 is 57.8. The molecule has 3 aromatic rings. The van der Waals surface area contributed by atoms with Crippen LogP contribution in [0.25, 0.3) is 11.3 Å². The third-order valence-electron chi connectivity index (χ3n) is 9.22. The molecule has 1 aromatic carbocycles. The fourth-order valence-electron chi connectivity index (χ4n) is 6.71. The Morgan fingerprint density at radius 1 is 1.06 bits per heavy atom. The predicted octanol–water partition coefficient (Wildman–Crippen LogP) is 6.59. The summed E-state index contributed by atoms with van der Waals surface area (Å²) >= 11 is 2.58. The van der Waals surface area contributed by atoms with Crippen LogP contribution in [0.2, 0.25) is 0 Å². The molecule has 0 unspecified atom stereocenters. The number of benzene rings is 1. The summed E-state index contributed by atoms with van der Waals surface area (Å²) in [6.45, 7) is 5.19. The highest BCUT2D eigenvalue weighted by molar-refractivity contribution is 7.99. The van der Waals surface area contributed by atoms with Crippen molar-refractivity contribution in [1.82, 2.24) is 24.5 Å². The number of nitrogens with zero attached hydrogens (tertiary/aromatic N) is 5.